The maximum Gasteiger partial charge on any atom is 0.260 e. The second-order valence-corrected chi connectivity index (χ2v) is 6.78. The summed E-state index contributed by atoms with van der Waals surface area (Å²) >= 11 is 0. The quantitative estimate of drug-likeness (QED) is 0.741. The number of H-pyrrole nitrogens is 1. The zero-order chi connectivity index (χ0) is 10.9. The molecule has 0 amide bonds. The van der Waals surface area contributed by atoms with Crippen molar-refractivity contribution in [2.24, 2.45) is 0 Å². The number of rotatable bonds is 2. The molecule has 0 aliphatic carbocycles. The monoisotopic (exact) mass is 249 g/mol. The Labute approximate surface area is 90.2 Å². The van der Waals surface area contributed by atoms with Crippen LogP contribution in [0.2, 0.25) is 0 Å². The largest absolute Gasteiger partial charge is 0.266 e. The molecular weight excluding hydrogens is 238 g/mol. The van der Waals surface area contributed by atoms with Gasteiger partial charge in [0.2, 0.25) is 0 Å². The molecule has 1 aliphatic rings. The third kappa shape index (κ3) is 2.11. The summed E-state index contributed by atoms with van der Waals surface area (Å²) in [5, 5.41) is 6.13. The molecule has 1 aromatic heterocycles. The van der Waals surface area contributed by atoms with Gasteiger partial charge < -0.3 is 0 Å². The molecule has 1 aliphatic heterocycles. The molecule has 2 rings (SSSR count). The third-order valence-electron chi connectivity index (χ3n) is 2.23. The topological polar surface area (TPSA) is 83.1 Å². The summed E-state index contributed by atoms with van der Waals surface area (Å²) in [5.41, 5.74) is 0. The second-order valence-electron chi connectivity index (χ2n) is 3.17. The minimum absolute atomic E-state index is 0.0928. The Bertz CT molecular complexity index is 444. The molecule has 0 aromatic carbocycles. The minimum Gasteiger partial charge on any atom is -0.266 e. The van der Waals surface area contributed by atoms with Crippen LogP contribution in [0.1, 0.15) is 0 Å². The third-order valence-corrected chi connectivity index (χ3v) is 5.33. The molecule has 0 saturated carbocycles. The number of nitrogens with zero attached hydrogens (tertiary/aromatic N) is 2. The van der Waals surface area contributed by atoms with Gasteiger partial charge >= 0.3 is 0 Å². The van der Waals surface area contributed by atoms with Gasteiger partial charge in [-0.05, 0) is 6.07 Å². The van der Waals surface area contributed by atoms with Crippen LogP contribution in [0.4, 0.5) is 0 Å². The lowest BCUT2D eigenvalue weighted by atomic mass is 10.6. The Morgan fingerprint density at radius 2 is 2.07 bits per heavy atom. The normalized spacial score (nSPS) is 20.5. The zero-order valence-electron chi connectivity index (χ0n) is 7.92. The second kappa shape index (κ2) is 4.03. The van der Waals surface area contributed by atoms with E-state index in [0.29, 0.717) is 24.6 Å². The predicted molar refractivity (Wildman–Crippen MR) is 55.2 cm³/mol. The maximum atomic E-state index is 11.9. The fraction of sp³-hybridized carbons (Fsp3) is 0.571. The molecule has 1 fully saturated rings. The van der Waals surface area contributed by atoms with Crippen molar-refractivity contribution >= 4 is 20.8 Å². The summed E-state index contributed by atoms with van der Waals surface area (Å²) < 4.78 is 36.2. The number of nitrogens with one attached hydrogen (secondary N) is 1. The summed E-state index contributed by atoms with van der Waals surface area (Å²) in [4.78, 5) is 0. The van der Waals surface area contributed by atoms with E-state index in [-0.39, 0.29) is 5.03 Å². The van der Waals surface area contributed by atoms with Crippen LogP contribution in [-0.2, 0) is 20.8 Å². The lowest BCUT2D eigenvalue weighted by Gasteiger charge is -2.24. The predicted octanol–water partition coefficient (Wildman–Crippen LogP) is -0.837. The van der Waals surface area contributed by atoms with E-state index in [2.05, 4.69) is 10.2 Å². The number of sulfonamides is 1. The minimum atomic E-state index is -3.46. The number of hydrogen-bond donors (Lipinski definition) is 1. The van der Waals surface area contributed by atoms with Gasteiger partial charge in [0.05, 0.1) is 6.20 Å². The highest BCUT2D eigenvalue weighted by Crippen LogP contribution is 2.14. The van der Waals surface area contributed by atoms with Crippen molar-refractivity contribution < 1.29 is 12.6 Å². The van der Waals surface area contributed by atoms with Crippen LogP contribution in [0.3, 0.4) is 0 Å². The van der Waals surface area contributed by atoms with Gasteiger partial charge in [-0.15, -0.1) is 0 Å². The van der Waals surface area contributed by atoms with Gasteiger partial charge in [-0.1, -0.05) is 0 Å². The summed E-state index contributed by atoms with van der Waals surface area (Å²) in [6.07, 6.45) is 1.40. The molecule has 6 nitrogen and oxygen atoms in total. The van der Waals surface area contributed by atoms with E-state index in [1.54, 1.807) is 0 Å². The highest BCUT2D eigenvalue weighted by atomic mass is 32.2. The van der Waals surface area contributed by atoms with Crippen molar-refractivity contribution in [2.75, 3.05) is 24.6 Å². The van der Waals surface area contributed by atoms with E-state index in [1.165, 1.54) is 16.6 Å². The molecule has 1 N–H and O–H groups in total. The molecule has 8 heteroatoms. The molecule has 0 spiro atoms. The Morgan fingerprint density at radius 3 is 2.60 bits per heavy atom. The average molecular weight is 249 g/mol. The van der Waals surface area contributed by atoms with Gasteiger partial charge in [0.25, 0.3) is 10.0 Å². The molecule has 0 bridgehead atoms. The Kier molecular flexibility index (Phi) is 2.89. The molecule has 2 heterocycles. The van der Waals surface area contributed by atoms with Crippen LogP contribution in [0, 0.1) is 0 Å². The summed E-state index contributed by atoms with van der Waals surface area (Å²) in [7, 11) is -4.34. The van der Waals surface area contributed by atoms with Crippen LogP contribution in [-0.4, -0.2) is 51.7 Å². The van der Waals surface area contributed by atoms with E-state index in [9.17, 15) is 12.6 Å². The van der Waals surface area contributed by atoms with Crippen molar-refractivity contribution in [3.05, 3.63) is 12.3 Å². The summed E-state index contributed by atoms with van der Waals surface area (Å²) in [6, 6.07) is 1.42. The van der Waals surface area contributed by atoms with E-state index in [0.717, 1.165) is 0 Å². The van der Waals surface area contributed by atoms with Crippen molar-refractivity contribution in [1.29, 1.82) is 0 Å². The Balaban J connectivity index is 2.20. The lowest BCUT2D eigenvalue weighted by Crippen LogP contribution is -2.41. The summed E-state index contributed by atoms with van der Waals surface area (Å²) in [5.74, 6) is 0.820. The number of aromatic amines is 1. The Hall–Kier alpha value is -0.730. The molecule has 0 radical (unpaired) electrons. The first-order valence-corrected chi connectivity index (χ1v) is 7.38. The van der Waals surface area contributed by atoms with Crippen molar-refractivity contribution in [3.63, 3.8) is 0 Å². The molecule has 15 heavy (non-hydrogen) atoms. The van der Waals surface area contributed by atoms with Crippen LogP contribution in [0.5, 0.6) is 0 Å². The van der Waals surface area contributed by atoms with Crippen LogP contribution in [0.15, 0.2) is 17.3 Å². The van der Waals surface area contributed by atoms with E-state index in [4.69, 9.17) is 0 Å². The highest BCUT2D eigenvalue weighted by Gasteiger charge is 2.28. The lowest BCUT2D eigenvalue weighted by molar-refractivity contribution is 0.436. The highest BCUT2D eigenvalue weighted by molar-refractivity contribution is 7.89. The van der Waals surface area contributed by atoms with Crippen molar-refractivity contribution in [3.8, 4) is 0 Å². The molecular formula is C7H11N3O3S2. The molecule has 0 unspecified atom stereocenters. The fourth-order valence-electron chi connectivity index (χ4n) is 1.39. The molecule has 0 atom stereocenters. The standard InChI is InChI=1S/C7H11N3O3S2/c11-14-5-3-10(4-6-14)15(12,13)7-1-2-8-9-7/h1-2H,3-6H2,(H,8,9). The van der Waals surface area contributed by atoms with Crippen LogP contribution in [0.25, 0.3) is 0 Å². The van der Waals surface area contributed by atoms with E-state index in [1.807, 2.05) is 0 Å². The van der Waals surface area contributed by atoms with Gasteiger partial charge in [0, 0.05) is 35.4 Å². The Morgan fingerprint density at radius 1 is 1.40 bits per heavy atom. The first-order valence-electron chi connectivity index (χ1n) is 4.45. The first kappa shape index (κ1) is 10.8. The maximum absolute atomic E-state index is 11.9. The zero-order valence-corrected chi connectivity index (χ0v) is 9.55. The average Bonchev–Trinajstić information content (AvgIpc) is 2.71. The van der Waals surface area contributed by atoms with Gasteiger partial charge in [0.1, 0.15) is 0 Å². The van der Waals surface area contributed by atoms with Crippen molar-refractivity contribution in [1.82, 2.24) is 14.5 Å². The smallest absolute Gasteiger partial charge is 0.260 e. The van der Waals surface area contributed by atoms with Gasteiger partial charge in [-0.2, -0.15) is 9.40 Å². The molecule has 1 aromatic rings. The van der Waals surface area contributed by atoms with E-state index >= 15 is 0 Å². The summed E-state index contributed by atoms with van der Waals surface area (Å²) in [6.45, 7) is 0.627. The molecule has 1 saturated heterocycles. The van der Waals surface area contributed by atoms with Gasteiger partial charge in [-0.3, -0.25) is 9.31 Å². The van der Waals surface area contributed by atoms with Gasteiger partial charge in [0.15, 0.2) is 5.03 Å². The molecule has 84 valence electrons. The van der Waals surface area contributed by atoms with Gasteiger partial charge in [-0.25, -0.2) is 8.42 Å². The van der Waals surface area contributed by atoms with E-state index < -0.39 is 20.8 Å². The van der Waals surface area contributed by atoms with Crippen LogP contribution < -0.4 is 0 Å². The van der Waals surface area contributed by atoms with Crippen LogP contribution >= 0.6 is 0 Å². The SMILES string of the molecule is O=S1CCN(S(=O)(=O)c2ccn[nH]2)CC1. The van der Waals surface area contributed by atoms with Crippen molar-refractivity contribution in [2.45, 2.75) is 5.03 Å². The number of hydrogen-bond acceptors (Lipinski definition) is 4. The number of aromatic nitrogens is 2. The first-order chi connectivity index (χ1) is 7.10. The fourth-order valence-corrected chi connectivity index (χ4v) is 4.01.